The summed E-state index contributed by atoms with van der Waals surface area (Å²) in [5.74, 6) is 0.811. The fourth-order valence-electron chi connectivity index (χ4n) is 1.99. The SMILES string of the molecule is Cc1cc(-c2ccc3oc(C)nc3c2)nc(C=O)n1. The zero-order valence-corrected chi connectivity index (χ0v) is 10.5. The molecule has 1 aromatic carbocycles. The number of hydrogen-bond acceptors (Lipinski definition) is 5. The molecule has 5 heteroatoms. The number of oxazole rings is 1. The highest BCUT2D eigenvalue weighted by atomic mass is 16.3. The van der Waals surface area contributed by atoms with Crippen molar-refractivity contribution >= 4 is 17.4 Å². The molecule has 19 heavy (non-hydrogen) atoms. The summed E-state index contributed by atoms with van der Waals surface area (Å²) in [5, 5.41) is 0. The number of aromatic nitrogens is 3. The van der Waals surface area contributed by atoms with Gasteiger partial charge in [-0.3, -0.25) is 4.79 Å². The first-order valence-corrected chi connectivity index (χ1v) is 5.84. The highest BCUT2D eigenvalue weighted by Crippen LogP contribution is 2.23. The lowest BCUT2D eigenvalue weighted by Gasteiger charge is -2.02. The van der Waals surface area contributed by atoms with Gasteiger partial charge in [-0.2, -0.15) is 0 Å². The number of hydrogen-bond donors (Lipinski definition) is 0. The van der Waals surface area contributed by atoms with Crippen molar-refractivity contribution in [1.29, 1.82) is 0 Å². The van der Waals surface area contributed by atoms with Gasteiger partial charge in [0.1, 0.15) is 5.52 Å². The Morgan fingerprint density at radius 2 is 1.95 bits per heavy atom. The molecule has 0 aliphatic rings. The molecule has 0 unspecified atom stereocenters. The van der Waals surface area contributed by atoms with Crippen LogP contribution in [0.1, 0.15) is 22.2 Å². The number of fused-ring (bicyclic) bond motifs is 1. The van der Waals surface area contributed by atoms with E-state index >= 15 is 0 Å². The van der Waals surface area contributed by atoms with Crippen LogP contribution in [-0.4, -0.2) is 21.2 Å². The van der Waals surface area contributed by atoms with Crippen LogP contribution in [0, 0.1) is 13.8 Å². The molecule has 2 heterocycles. The van der Waals surface area contributed by atoms with Crippen molar-refractivity contribution in [3.05, 3.63) is 41.7 Å². The molecule has 0 saturated carbocycles. The minimum absolute atomic E-state index is 0.187. The Labute approximate surface area is 109 Å². The van der Waals surface area contributed by atoms with Crippen molar-refractivity contribution in [1.82, 2.24) is 15.0 Å². The second kappa shape index (κ2) is 4.28. The van der Waals surface area contributed by atoms with E-state index in [0.29, 0.717) is 17.9 Å². The van der Waals surface area contributed by atoms with Crippen molar-refractivity contribution < 1.29 is 9.21 Å². The number of carbonyl (C=O) groups excluding carboxylic acids is 1. The summed E-state index contributed by atoms with van der Waals surface area (Å²) in [4.78, 5) is 23.3. The summed E-state index contributed by atoms with van der Waals surface area (Å²) in [6.45, 7) is 3.63. The molecule has 2 aromatic heterocycles. The molecule has 5 nitrogen and oxygen atoms in total. The number of nitrogens with zero attached hydrogens (tertiary/aromatic N) is 3. The summed E-state index contributed by atoms with van der Waals surface area (Å²) >= 11 is 0. The highest BCUT2D eigenvalue weighted by molar-refractivity contribution is 5.80. The maximum Gasteiger partial charge on any atom is 0.193 e. The molecule has 0 saturated heterocycles. The Morgan fingerprint density at radius 3 is 2.74 bits per heavy atom. The molecule has 0 aliphatic carbocycles. The van der Waals surface area contributed by atoms with Gasteiger partial charge in [-0.05, 0) is 31.2 Å². The summed E-state index contributed by atoms with van der Waals surface area (Å²) in [6.07, 6.45) is 0.648. The second-order valence-corrected chi connectivity index (χ2v) is 4.29. The number of aldehydes is 1. The predicted molar refractivity (Wildman–Crippen MR) is 69.9 cm³/mol. The molecule has 3 aromatic rings. The van der Waals surface area contributed by atoms with E-state index in [1.165, 1.54) is 0 Å². The van der Waals surface area contributed by atoms with E-state index in [9.17, 15) is 4.79 Å². The van der Waals surface area contributed by atoms with E-state index in [-0.39, 0.29) is 5.82 Å². The van der Waals surface area contributed by atoms with Crippen molar-refractivity contribution in [3.63, 3.8) is 0 Å². The van der Waals surface area contributed by atoms with E-state index in [2.05, 4.69) is 15.0 Å². The minimum Gasteiger partial charge on any atom is -0.441 e. The van der Waals surface area contributed by atoms with Crippen LogP contribution in [0.2, 0.25) is 0 Å². The van der Waals surface area contributed by atoms with Crippen molar-refractivity contribution in [3.8, 4) is 11.3 Å². The normalized spacial score (nSPS) is 10.8. The molecule has 0 N–H and O–H groups in total. The molecule has 3 rings (SSSR count). The maximum atomic E-state index is 10.8. The van der Waals surface area contributed by atoms with E-state index in [4.69, 9.17) is 4.42 Å². The van der Waals surface area contributed by atoms with Crippen molar-refractivity contribution in [2.45, 2.75) is 13.8 Å². The first-order valence-electron chi connectivity index (χ1n) is 5.84. The number of benzene rings is 1. The quantitative estimate of drug-likeness (QED) is 0.657. The lowest BCUT2D eigenvalue weighted by molar-refractivity contribution is 0.111. The molecule has 0 radical (unpaired) electrons. The van der Waals surface area contributed by atoms with Gasteiger partial charge in [0, 0.05) is 18.2 Å². The average Bonchev–Trinajstić information content (AvgIpc) is 2.76. The maximum absolute atomic E-state index is 10.8. The van der Waals surface area contributed by atoms with Crippen LogP contribution in [0.25, 0.3) is 22.4 Å². The van der Waals surface area contributed by atoms with Crippen LogP contribution < -0.4 is 0 Å². The van der Waals surface area contributed by atoms with Gasteiger partial charge in [-0.1, -0.05) is 0 Å². The Morgan fingerprint density at radius 1 is 1.11 bits per heavy atom. The molecular weight excluding hydrogens is 242 g/mol. The molecular formula is C14H11N3O2. The summed E-state index contributed by atoms with van der Waals surface area (Å²) in [6, 6.07) is 7.47. The summed E-state index contributed by atoms with van der Waals surface area (Å²) < 4.78 is 5.43. The largest absolute Gasteiger partial charge is 0.441 e. The highest BCUT2D eigenvalue weighted by Gasteiger charge is 2.08. The van der Waals surface area contributed by atoms with Crippen LogP contribution >= 0.6 is 0 Å². The van der Waals surface area contributed by atoms with E-state index in [1.54, 1.807) is 6.92 Å². The zero-order valence-electron chi connectivity index (χ0n) is 10.5. The molecule has 0 bridgehead atoms. The monoisotopic (exact) mass is 253 g/mol. The van der Waals surface area contributed by atoms with Gasteiger partial charge in [-0.15, -0.1) is 0 Å². The Balaban J connectivity index is 2.17. The van der Waals surface area contributed by atoms with Gasteiger partial charge in [0.2, 0.25) is 0 Å². The van der Waals surface area contributed by atoms with Gasteiger partial charge >= 0.3 is 0 Å². The first-order chi connectivity index (χ1) is 9.15. The van der Waals surface area contributed by atoms with Gasteiger partial charge in [-0.25, -0.2) is 15.0 Å². The van der Waals surface area contributed by atoms with Gasteiger partial charge in [0.15, 0.2) is 23.6 Å². The fraction of sp³-hybridized carbons (Fsp3) is 0.143. The number of aryl methyl sites for hydroxylation is 2. The van der Waals surface area contributed by atoms with E-state index < -0.39 is 0 Å². The second-order valence-electron chi connectivity index (χ2n) is 4.29. The average molecular weight is 253 g/mol. The predicted octanol–water partition coefficient (Wildman–Crippen LogP) is 2.71. The van der Waals surface area contributed by atoms with E-state index in [1.807, 2.05) is 31.2 Å². The van der Waals surface area contributed by atoms with Crippen LogP contribution in [-0.2, 0) is 0 Å². The molecule has 0 aliphatic heterocycles. The van der Waals surface area contributed by atoms with Crippen molar-refractivity contribution in [2.24, 2.45) is 0 Å². The van der Waals surface area contributed by atoms with Crippen molar-refractivity contribution in [2.75, 3.05) is 0 Å². The topological polar surface area (TPSA) is 68.9 Å². The third kappa shape index (κ3) is 2.10. The van der Waals surface area contributed by atoms with Crippen LogP contribution in [0.4, 0.5) is 0 Å². The summed E-state index contributed by atoms with van der Waals surface area (Å²) in [5.41, 5.74) is 3.86. The molecule has 0 amide bonds. The molecule has 94 valence electrons. The first kappa shape index (κ1) is 11.5. The summed E-state index contributed by atoms with van der Waals surface area (Å²) in [7, 11) is 0. The molecule has 0 fully saturated rings. The Bertz CT molecular complexity index is 777. The van der Waals surface area contributed by atoms with Gasteiger partial charge in [0.25, 0.3) is 0 Å². The van der Waals surface area contributed by atoms with Gasteiger partial charge < -0.3 is 4.42 Å². The standard InChI is InChI=1S/C14H11N3O2/c1-8-5-11(17-14(7-18)15-8)10-3-4-13-12(6-10)16-9(2)19-13/h3-7H,1-2H3. The van der Waals surface area contributed by atoms with Crippen LogP contribution in [0.3, 0.4) is 0 Å². The lowest BCUT2D eigenvalue weighted by Crippen LogP contribution is -1.97. The minimum atomic E-state index is 0.187. The molecule has 0 spiro atoms. The Hall–Kier alpha value is -2.56. The van der Waals surface area contributed by atoms with E-state index in [0.717, 1.165) is 22.4 Å². The zero-order chi connectivity index (χ0) is 13.4. The van der Waals surface area contributed by atoms with Gasteiger partial charge in [0.05, 0.1) is 5.69 Å². The third-order valence-corrected chi connectivity index (χ3v) is 2.77. The number of rotatable bonds is 2. The molecule has 0 atom stereocenters. The number of carbonyl (C=O) groups is 1. The van der Waals surface area contributed by atoms with Crippen LogP contribution in [0.15, 0.2) is 28.7 Å². The smallest absolute Gasteiger partial charge is 0.193 e. The lowest BCUT2D eigenvalue weighted by atomic mass is 10.1. The fourth-order valence-corrected chi connectivity index (χ4v) is 1.99. The Kier molecular flexibility index (Phi) is 2.59. The van der Waals surface area contributed by atoms with Crippen LogP contribution in [0.5, 0.6) is 0 Å². The third-order valence-electron chi connectivity index (χ3n) is 2.77.